The maximum Gasteiger partial charge on any atom is 0.0810 e. The second kappa shape index (κ2) is 4.70. The van der Waals surface area contributed by atoms with Crippen LogP contribution < -0.4 is 0 Å². The van der Waals surface area contributed by atoms with Crippen LogP contribution in [0.3, 0.4) is 0 Å². The minimum absolute atomic E-state index is 0.111. The standard InChI is InChI=1S/C8H16O3/c9-5-7(10)3-1-2-4-8-6-11-8/h7-10H,1-6H2. The van der Waals surface area contributed by atoms with Gasteiger partial charge in [0.15, 0.2) is 0 Å². The molecule has 0 aromatic rings. The van der Waals surface area contributed by atoms with Crippen LogP contribution >= 0.6 is 0 Å². The highest BCUT2D eigenvalue weighted by Crippen LogP contribution is 2.17. The topological polar surface area (TPSA) is 53.0 Å². The van der Waals surface area contributed by atoms with Gasteiger partial charge in [-0.3, -0.25) is 0 Å². The van der Waals surface area contributed by atoms with Crippen molar-refractivity contribution in [2.75, 3.05) is 13.2 Å². The van der Waals surface area contributed by atoms with Gasteiger partial charge in [-0.05, 0) is 12.8 Å². The lowest BCUT2D eigenvalue weighted by atomic mass is 10.1. The molecule has 3 heteroatoms. The summed E-state index contributed by atoms with van der Waals surface area (Å²) in [6.07, 6.45) is 3.89. The molecule has 0 bridgehead atoms. The molecule has 1 aliphatic rings. The van der Waals surface area contributed by atoms with Crippen molar-refractivity contribution in [3.63, 3.8) is 0 Å². The summed E-state index contributed by atoms with van der Waals surface area (Å²) in [7, 11) is 0. The van der Waals surface area contributed by atoms with Crippen LogP contribution in [0.5, 0.6) is 0 Å². The van der Waals surface area contributed by atoms with Gasteiger partial charge in [-0.15, -0.1) is 0 Å². The molecule has 0 aliphatic carbocycles. The van der Waals surface area contributed by atoms with E-state index in [9.17, 15) is 0 Å². The Hall–Kier alpha value is -0.120. The van der Waals surface area contributed by atoms with E-state index in [0.717, 1.165) is 25.9 Å². The summed E-state index contributed by atoms with van der Waals surface area (Å²) in [4.78, 5) is 0. The normalized spacial score (nSPS) is 25.1. The van der Waals surface area contributed by atoms with Crippen LogP contribution in [0.4, 0.5) is 0 Å². The molecule has 0 saturated carbocycles. The van der Waals surface area contributed by atoms with Crippen molar-refractivity contribution in [3.8, 4) is 0 Å². The zero-order chi connectivity index (χ0) is 8.10. The average molecular weight is 160 g/mol. The molecule has 0 spiro atoms. The molecule has 2 N–H and O–H groups in total. The first-order valence-corrected chi connectivity index (χ1v) is 4.23. The number of hydrogen-bond acceptors (Lipinski definition) is 3. The van der Waals surface area contributed by atoms with Crippen molar-refractivity contribution >= 4 is 0 Å². The summed E-state index contributed by atoms with van der Waals surface area (Å²) >= 11 is 0. The molecule has 1 rings (SSSR count). The van der Waals surface area contributed by atoms with Gasteiger partial charge in [0, 0.05) is 0 Å². The van der Waals surface area contributed by atoms with E-state index in [2.05, 4.69) is 0 Å². The molecule has 1 aliphatic heterocycles. The smallest absolute Gasteiger partial charge is 0.0810 e. The molecule has 0 aromatic carbocycles. The summed E-state index contributed by atoms with van der Waals surface area (Å²) in [5, 5.41) is 17.4. The van der Waals surface area contributed by atoms with E-state index in [4.69, 9.17) is 14.9 Å². The molecule has 3 nitrogen and oxygen atoms in total. The van der Waals surface area contributed by atoms with Crippen LogP contribution in [0.2, 0.25) is 0 Å². The fourth-order valence-electron chi connectivity index (χ4n) is 1.08. The van der Waals surface area contributed by atoms with Crippen molar-refractivity contribution in [2.45, 2.75) is 37.9 Å². The van der Waals surface area contributed by atoms with Crippen LogP contribution in [0.1, 0.15) is 25.7 Å². The van der Waals surface area contributed by atoms with Gasteiger partial charge in [0.05, 0.1) is 25.4 Å². The van der Waals surface area contributed by atoms with Gasteiger partial charge in [0.2, 0.25) is 0 Å². The maximum atomic E-state index is 8.96. The van der Waals surface area contributed by atoms with E-state index < -0.39 is 6.10 Å². The number of unbranched alkanes of at least 4 members (excludes halogenated alkanes) is 1. The summed E-state index contributed by atoms with van der Waals surface area (Å²) in [6, 6.07) is 0. The lowest BCUT2D eigenvalue weighted by molar-refractivity contribution is 0.0859. The molecule has 0 aromatic heterocycles. The molecular weight excluding hydrogens is 144 g/mol. The lowest BCUT2D eigenvalue weighted by Crippen LogP contribution is -2.11. The second-order valence-corrected chi connectivity index (χ2v) is 3.08. The first kappa shape index (κ1) is 8.97. The largest absolute Gasteiger partial charge is 0.394 e. The van der Waals surface area contributed by atoms with Crippen molar-refractivity contribution in [1.29, 1.82) is 0 Å². The highest BCUT2D eigenvalue weighted by molar-refractivity contribution is 4.68. The van der Waals surface area contributed by atoms with Gasteiger partial charge in [0.25, 0.3) is 0 Å². The van der Waals surface area contributed by atoms with E-state index >= 15 is 0 Å². The van der Waals surface area contributed by atoms with Crippen molar-refractivity contribution in [3.05, 3.63) is 0 Å². The Bertz CT molecular complexity index is 102. The molecule has 66 valence electrons. The van der Waals surface area contributed by atoms with Crippen LogP contribution in [0.15, 0.2) is 0 Å². The number of aliphatic hydroxyl groups excluding tert-OH is 2. The molecule has 0 amide bonds. The zero-order valence-corrected chi connectivity index (χ0v) is 6.70. The number of ether oxygens (including phenoxy) is 1. The molecule has 1 fully saturated rings. The van der Waals surface area contributed by atoms with E-state index in [0.29, 0.717) is 12.5 Å². The predicted octanol–water partition coefficient (Wildman–Crippen LogP) is 0.299. The fraction of sp³-hybridized carbons (Fsp3) is 1.00. The Kier molecular flexibility index (Phi) is 3.83. The lowest BCUT2D eigenvalue weighted by Gasteiger charge is -2.04. The van der Waals surface area contributed by atoms with Gasteiger partial charge >= 0.3 is 0 Å². The molecule has 0 radical (unpaired) electrons. The number of aliphatic hydroxyl groups is 2. The molecule has 2 atom stereocenters. The Morgan fingerprint density at radius 2 is 2.18 bits per heavy atom. The molecular formula is C8H16O3. The number of epoxide rings is 1. The third-order valence-electron chi connectivity index (χ3n) is 1.93. The Morgan fingerprint density at radius 3 is 2.73 bits per heavy atom. The molecule has 1 heterocycles. The molecule has 1 saturated heterocycles. The summed E-state index contributed by atoms with van der Waals surface area (Å²) < 4.78 is 5.03. The highest BCUT2D eigenvalue weighted by Gasteiger charge is 2.21. The van der Waals surface area contributed by atoms with Crippen LogP contribution in [0.25, 0.3) is 0 Å². The minimum Gasteiger partial charge on any atom is -0.394 e. The van der Waals surface area contributed by atoms with Crippen molar-refractivity contribution in [1.82, 2.24) is 0 Å². The quantitative estimate of drug-likeness (QED) is 0.434. The summed E-state index contributed by atoms with van der Waals surface area (Å²) in [5.74, 6) is 0. The molecule has 11 heavy (non-hydrogen) atoms. The third-order valence-corrected chi connectivity index (χ3v) is 1.93. The second-order valence-electron chi connectivity index (χ2n) is 3.08. The van der Waals surface area contributed by atoms with Gasteiger partial charge in [-0.2, -0.15) is 0 Å². The van der Waals surface area contributed by atoms with Gasteiger partial charge in [-0.1, -0.05) is 12.8 Å². The van der Waals surface area contributed by atoms with Gasteiger partial charge in [-0.25, -0.2) is 0 Å². The third kappa shape index (κ3) is 4.35. The van der Waals surface area contributed by atoms with Gasteiger partial charge in [0.1, 0.15) is 0 Å². The first-order valence-electron chi connectivity index (χ1n) is 4.23. The van der Waals surface area contributed by atoms with Crippen LogP contribution in [-0.2, 0) is 4.74 Å². The summed E-state index contributed by atoms with van der Waals surface area (Å²) in [5.41, 5.74) is 0. The number of rotatable bonds is 6. The maximum absolute atomic E-state index is 8.96. The minimum atomic E-state index is -0.518. The fourth-order valence-corrected chi connectivity index (χ4v) is 1.08. The van der Waals surface area contributed by atoms with E-state index in [1.54, 1.807) is 0 Å². The van der Waals surface area contributed by atoms with E-state index in [-0.39, 0.29) is 6.61 Å². The van der Waals surface area contributed by atoms with Crippen LogP contribution in [-0.4, -0.2) is 35.6 Å². The Balaban J connectivity index is 1.79. The van der Waals surface area contributed by atoms with Gasteiger partial charge < -0.3 is 14.9 Å². The summed E-state index contributed by atoms with van der Waals surface area (Å²) in [6.45, 7) is 0.808. The Labute approximate surface area is 67.0 Å². The van der Waals surface area contributed by atoms with E-state index in [1.165, 1.54) is 0 Å². The zero-order valence-electron chi connectivity index (χ0n) is 6.70. The monoisotopic (exact) mass is 160 g/mol. The predicted molar refractivity (Wildman–Crippen MR) is 41.3 cm³/mol. The molecule has 2 unspecified atom stereocenters. The van der Waals surface area contributed by atoms with Crippen molar-refractivity contribution < 1.29 is 14.9 Å². The average Bonchev–Trinajstić information content (AvgIpc) is 2.81. The Morgan fingerprint density at radius 1 is 1.45 bits per heavy atom. The first-order chi connectivity index (χ1) is 5.33. The van der Waals surface area contributed by atoms with Crippen LogP contribution in [0, 0.1) is 0 Å². The van der Waals surface area contributed by atoms with E-state index in [1.807, 2.05) is 0 Å². The SMILES string of the molecule is OCC(O)CCCCC1CO1. The van der Waals surface area contributed by atoms with Crippen molar-refractivity contribution in [2.24, 2.45) is 0 Å². The highest BCUT2D eigenvalue weighted by atomic mass is 16.6. The number of hydrogen-bond donors (Lipinski definition) is 2.